The molecule has 96 heavy (non-hydrogen) atoms. The number of rotatable bonds is 13. The van der Waals surface area contributed by atoms with Crippen LogP contribution in [0, 0.1) is 17.5 Å². The van der Waals surface area contributed by atoms with Gasteiger partial charge in [-0.3, -0.25) is 19.4 Å². The number of aliphatic imine (C=N–C) groups is 1. The van der Waals surface area contributed by atoms with E-state index in [1.807, 2.05) is 0 Å². The molecule has 6 aromatic heterocycles. The lowest BCUT2D eigenvalue weighted by Gasteiger charge is -2.22. The van der Waals surface area contributed by atoms with Crippen molar-refractivity contribution in [3.63, 3.8) is 0 Å². The number of ketones is 2. The molecule has 1 aliphatic rings. The Balaban J connectivity index is 0.000000282. The molecule has 0 spiro atoms. The second kappa shape index (κ2) is 33.0. The zero-order valence-corrected chi connectivity index (χ0v) is 54.7. The first kappa shape index (κ1) is 80.0. The van der Waals surface area contributed by atoms with Crippen LogP contribution in [-0.2, 0) is 49.3 Å². The molecule has 7 heterocycles. The van der Waals surface area contributed by atoms with Gasteiger partial charge in [0.15, 0.2) is 29.9 Å². The fourth-order valence-corrected chi connectivity index (χ4v) is 10.3. The van der Waals surface area contributed by atoms with E-state index in [2.05, 4.69) is 99.5 Å². The minimum atomic E-state index is -4.90. The Morgan fingerprint density at radius 2 is 1.01 bits per heavy atom. The van der Waals surface area contributed by atoms with E-state index in [9.17, 15) is 62.3 Å². The quantitative estimate of drug-likeness (QED) is 0.0159. The van der Waals surface area contributed by atoms with Gasteiger partial charge in [0.25, 0.3) is 0 Å². The van der Waals surface area contributed by atoms with Crippen molar-refractivity contribution in [1.82, 2.24) is 34.1 Å². The topological polar surface area (TPSA) is 255 Å². The molecule has 0 saturated carbocycles. The molecule has 20 nitrogen and oxygen atoms in total. The van der Waals surface area contributed by atoms with E-state index < -0.39 is 71.1 Å². The summed E-state index contributed by atoms with van der Waals surface area (Å²) in [7, 11) is 9.03. The number of halogens is 16. The van der Waals surface area contributed by atoms with Crippen LogP contribution in [-0.4, -0.2) is 103 Å². The van der Waals surface area contributed by atoms with Crippen LogP contribution >= 0.6 is 63.7 Å². The summed E-state index contributed by atoms with van der Waals surface area (Å²) >= 11 is 12.8. The lowest BCUT2D eigenvalue weighted by atomic mass is 10.0. The molecule has 1 atom stereocenters. The molecule has 1 aliphatic heterocycles. The fraction of sp³-hybridized carbons (Fsp3) is 0.267. The predicted molar refractivity (Wildman–Crippen MR) is 349 cm³/mol. The van der Waals surface area contributed by atoms with Crippen LogP contribution in [0.5, 0.6) is 17.6 Å². The molecular weight excluding hydrogens is 1560 g/mol. The molecule has 518 valence electrons. The molecule has 6 N–H and O–H groups in total. The summed E-state index contributed by atoms with van der Waals surface area (Å²) in [5.74, 6) is -4.01. The summed E-state index contributed by atoms with van der Waals surface area (Å²) in [6.07, 6.45) is -10.2. The number of hydroxylamine groups is 1. The van der Waals surface area contributed by atoms with Gasteiger partial charge in [0, 0.05) is 72.6 Å². The van der Waals surface area contributed by atoms with Gasteiger partial charge in [0.1, 0.15) is 47.2 Å². The summed E-state index contributed by atoms with van der Waals surface area (Å²) in [4.78, 5) is 51.5. The normalized spacial score (nSPS) is 13.2. The van der Waals surface area contributed by atoms with Crippen LogP contribution in [0.3, 0.4) is 0 Å². The summed E-state index contributed by atoms with van der Waals surface area (Å²) in [5.41, 5.74) is 11.9. The van der Waals surface area contributed by atoms with Crippen LogP contribution < -0.4 is 31.2 Å². The number of amidine groups is 3. The Morgan fingerprint density at radius 3 is 1.44 bits per heavy atom. The maximum Gasteiger partial charge on any atom is 0.419 e. The van der Waals surface area contributed by atoms with Gasteiger partial charge >= 0.3 is 18.5 Å². The number of methoxy groups -OCH3 is 3. The number of aryl methyl sites for hydroxylation is 3. The Hall–Kier alpha value is -8.48. The number of hydrogen-bond donors (Lipinski definition) is 4. The number of pyridine rings is 3. The zero-order valence-electron chi connectivity index (χ0n) is 48.4. The van der Waals surface area contributed by atoms with Crippen LogP contribution in [0.1, 0.15) is 88.4 Å². The number of nitrogens with one attached hydrogen (secondary N) is 1. The number of ether oxygens (including phenoxy) is 3. The number of fused-ring (bicyclic) bond motifs is 3. The Morgan fingerprint density at radius 1 is 0.615 bits per heavy atom. The van der Waals surface area contributed by atoms with E-state index in [0.717, 1.165) is 24.3 Å². The third-order valence-corrected chi connectivity index (χ3v) is 15.5. The molecule has 0 aliphatic carbocycles. The molecule has 0 radical (unpaired) electrons. The van der Waals surface area contributed by atoms with Gasteiger partial charge in [-0.2, -0.15) is 39.5 Å². The molecule has 10 rings (SSSR count). The van der Waals surface area contributed by atoms with Gasteiger partial charge in [-0.05, 0) is 121 Å². The van der Waals surface area contributed by atoms with Crippen LogP contribution in [0.25, 0.3) is 32.7 Å². The lowest BCUT2D eigenvalue weighted by Crippen LogP contribution is -2.33. The molecule has 0 amide bonds. The first-order valence-corrected chi connectivity index (χ1v) is 29.4. The van der Waals surface area contributed by atoms with E-state index in [0.29, 0.717) is 65.6 Å². The largest absolute Gasteiger partial charge is 0.480 e. The Bertz CT molecular complexity index is 4410. The standard InChI is InChI=1S/C19H15BrF4N4O3.C19H15BrF4N4O2.C12H8BrF4NO.C7H8BrN3O2.3CH4/c1-28-7-10(9-5-11(19(22,23)24)13(21)6-15(9)28)16(29)8-31-27-17(25)14-4-3-12(20)18(26-14)30-2;1-28-7-10(9-5-11(19(22,23)24)13(21)6-16(9)28)15-8-30-27-17(25-15)14-4-3-12(20)18(26-14)29-2;1-18-5-7(11(19)4-13)6-2-8(12(15,16)17)9(14)3-10(6)18;1-13-7-4(8)2-3-5(10-7)6(9)11-12;;;/h3-7H,8H2,1-2H3,(H2,25,27);3-7,15H,8H2,1-2H3,(H,25,27);2-3,5H,4H2,1H3;2-3,12H,1H3,(H2,9,11);3*1H4. The minimum Gasteiger partial charge on any atom is -0.480 e. The third-order valence-electron chi connectivity index (χ3n) is 13.2. The van der Waals surface area contributed by atoms with Crippen molar-refractivity contribution in [3.8, 4) is 17.6 Å². The van der Waals surface area contributed by atoms with Gasteiger partial charge in [-0.15, -0.1) is 0 Å². The van der Waals surface area contributed by atoms with E-state index in [1.54, 1.807) is 55.2 Å². The molecule has 36 heteroatoms. The van der Waals surface area contributed by atoms with Crippen molar-refractivity contribution in [2.75, 3.05) is 39.9 Å². The average molecular weight is 1620 g/mol. The first-order valence-electron chi connectivity index (χ1n) is 25.9. The van der Waals surface area contributed by atoms with E-state index >= 15 is 0 Å². The highest BCUT2D eigenvalue weighted by atomic mass is 79.9. The zero-order chi connectivity index (χ0) is 68.8. The molecule has 0 saturated heterocycles. The Kier molecular flexibility index (Phi) is 27.5. The number of Topliss-reactive ketones (excluding diaryl/α,β-unsaturated/α-hetero) is 2. The molecule has 1 unspecified atom stereocenters. The summed E-state index contributed by atoms with van der Waals surface area (Å²) < 4.78 is 180. The van der Waals surface area contributed by atoms with Gasteiger partial charge in [-0.25, -0.2) is 33.6 Å². The number of nitrogens with zero attached hydrogens (tertiary/aromatic N) is 9. The van der Waals surface area contributed by atoms with Gasteiger partial charge < -0.3 is 49.4 Å². The lowest BCUT2D eigenvalue weighted by molar-refractivity contribution is -0.140. The van der Waals surface area contributed by atoms with Gasteiger partial charge in [0.05, 0.1) is 73.3 Å². The monoisotopic (exact) mass is 1620 g/mol. The number of aromatic nitrogens is 6. The number of carbonyl (C=O) groups is 2. The number of carbonyl (C=O) groups excluding carboxylic acids is 2. The Labute approximate surface area is 572 Å². The van der Waals surface area contributed by atoms with E-state index in [4.69, 9.17) is 40.6 Å². The summed E-state index contributed by atoms with van der Waals surface area (Å²) in [5, 5.41) is 15.1. The number of nitrogens with two attached hydrogens (primary N) is 2. The number of oxime groups is 2. The van der Waals surface area contributed by atoms with Gasteiger partial charge in [0.2, 0.25) is 23.4 Å². The average Bonchev–Trinajstić information content (AvgIpc) is 1.60. The van der Waals surface area contributed by atoms with Crippen molar-refractivity contribution >= 4 is 126 Å². The highest BCUT2D eigenvalue weighted by Gasteiger charge is 2.38. The summed E-state index contributed by atoms with van der Waals surface area (Å²) in [6.45, 7) is -0.527. The van der Waals surface area contributed by atoms with Crippen molar-refractivity contribution in [2.45, 2.75) is 46.9 Å². The van der Waals surface area contributed by atoms with Crippen molar-refractivity contribution in [1.29, 1.82) is 0 Å². The van der Waals surface area contributed by atoms with E-state index in [-0.39, 0.29) is 102 Å². The van der Waals surface area contributed by atoms with Crippen molar-refractivity contribution < 1.29 is 91.4 Å². The molecular formula is C60H58Br4F12N12O8. The molecule has 0 bridgehead atoms. The SMILES string of the molecule is C.C.C.COc1nc(/C(N)=N/O)ccc1Br.COc1nc(/C(N)=N/OCC(=O)c2cn(C)c3cc(F)c(C(F)(F)F)cc23)ccc1Br.COc1nc(C2=NC(c3cn(C)c4cc(F)c(C(F)(F)F)cc34)CON2)ccc1Br.Cn1cc(C(=O)CBr)c2cc(C(F)(F)F)c(F)cc21. The molecule has 3 aromatic carbocycles. The van der Waals surface area contributed by atoms with Crippen molar-refractivity contribution in [2.24, 2.45) is 47.9 Å². The second-order valence-corrected chi connectivity index (χ2v) is 22.4. The van der Waals surface area contributed by atoms with Crippen molar-refractivity contribution in [3.05, 3.63) is 173 Å². The maximum atomic E-state index is 14.0. The summed E-state index contributed by atoms with van der Waals surface area (Å²) in [6, 6.07) is 13.8. The predicted octanol–water partition coefficient (Wildman–Crippen LogP) is 15.3. The third kappa shape index (κ3) is 18.3. The van der Waals surface area contributed by atoms with Crippen LogP contribution in [0.15, 0.2) is 120 Å². The highest BCUT2D eigenvalue weighted by molar-refractivity contribution is 9.11. The van der Waals surface area contributed by atoms with Gasteiger partial charge in [-0.1, -0.05) is 48.5 Å². The fourth-order valence-electron chi connectivity index (χ4n) is 8.81. The number of alkyl halides is 10. The van der Waals surface area contributed by atoms with Crippen LogP contribution in [0.2, 0.25) is 0 Å². The second-order valence-electron chi connectivity index (χ2n) is 19.2. The van der Waals surface area contributed by atoms with E-state index in [1.165, 1.54) is 56.0 Å². The smallest absolute Gasteiger partial charge is 0.419 e. The number of benzene rings is 3. The molecule has 9 aromatic rings. The minimum absolute atomic E-state index is 0. The molecule has 0 fully saturated rings. The highest BCUT2D eigenvalue weighted by Crippen LogP contribution is 2.40. The van der Waals surface area contributed by atoms with Crippen LogP contribution in [0.4, 0.5) is 52.7 Å². The number of hydrogen-bond acceptors (Lipinski definition) is 15. The first-order chi connectivity index (χ1) is 43.6. The maximum absolute atomic E-state index is 14.0.